The summed E-state index contributed by atoms with van der Waals surface area (Å²) in [4.78, 5) is 28.8. The number of rotatable bonds is 9. The normalized spacial score (nSPS) is 14.8. The monoisotopic (exact) mass is 444 g/mol. The van der Waals surface area contributed by atoms with Crippen LogP contribution in [-0.2, 0) is 17.9 Å². The van der Waals surface area contributed by atoms with Gasteiger partial charge in [0.15, 0.2) is 0 Å². The maximum absolute atomic E-state index is 13.6. The SMILES string of the molecule is CN1CCN(Cc2cccc(CNC(=O)CCCNC(=O)c3ccc(F)cc3F)c2)CC1. The second-order valence-corrected chi connectivity index (χ2v) is 8.16. The number of carbonyl (C=O) groups is 2. The third-order valence-electron chi connectivity index (χ3n) is 5.53. The molecule has 1 saturated heterocycles. The predicted octanol–water partition coefficient (Wildman–Crippen LogP) is 2.54. The molecular weight excluding hydrogens is 414 g/mol. The molecule has 2 amide bonds. The average Bonchev–Trinajstić information content (AvgIpc) is 2.77. The minimum absolute atomic E-state index is 0.114. The van der Waals surface area contributed by atoms with Gasteiger partial charge in [-0.15, -0.1) is 0 Å². The van der Waals surface area contributed by atoms with Crippen molar-refractivity contribution in [2.75, 3.05) is 39.8 Å². The van der Waals surface area contributed by atoms with Gasteiger partial charge in [0, 0.05) is 58.3 Å². The van der Waals surface area contributed by atoms with Crippen LogP contribution in [0.2, 0.25) is 0 Å². The van der Waals surface area contributed by atoms with Crippen molar-refractivity contribution in [2.45, 2.75) is 25.9 Å². The van der Waals surface area contributed by atoms with E-state index in [4.69, 9.17) is 0 Å². The molecule has 2 N–H and O–H groups in total. The summed E-state index contributed by atoms with van der Waals surface area (Å²) in [6.07, 6.45) is 0.664. The second kappa shape index (κ2) is 11.7. The van der Waals surface area contributed by atoms with Crippen LogP contribution < -0.4 is 10.6 Å². The van der Waals surface area contributed by atoms with E-state index in [9.17, 15) is 18.4 Å². The molecule has 0 atom stereocenters. The highest BCUT2D eigenvalue weighted by molar-refractivity contribution is 5.94. The molecule has 32 heavy (non-hydrogen) atoms. The van der Waals surface area contributed by atoms with Gasteiger partial charge in [-0.1, -0.05) is 24.3 Å². The lowest BCUT2D eigenvalue weighted by Crippen LogP contribution is -2.43. The minimum atomic E-state index is -0.907. The van der Waals surface area contributed by atoms with Crippen LogP contribution in [0.4, 0.5) is 8.78 Å². The van der Waals surface area contributed by atoms with Crippen molar-refractivity contribution in [1.82, 2.24) is 20.4 Å². The number of nitrogens with zero attached hydrogens (tertiary/aromatic N) is 2. The molecule has 1 aliphatic rings. The zero-order valence-electron chi connectivity index (χ0n) is 18.4. The van der Waals surface area contributed by atoms with E-state index in [2.05, 4.69) is 39.6 Å². The Morgan fingerprint density at radius 3 is 2.47 bits per heavy atom. The molecule has 8 heteroatoms. The molecule has 1 aliphatic heterocycles. The lowest BCUT2D eigenvalue weighted by Gasteiger charge is -2.32. The van der Waals surface area contributed by atoms with Crippen molar-refractivity contribution >= 4 is 11.8 Å². The molecule has 0 radical (unpaired) electrons. The number of amides is 2. The van der Waals surface area contributed by atoms with Crippen LogP contribution in [0.3, 0.4) is 0 Å². The highest BCUT2D eigenvalue weighted by atomic mass is 19.1. The zero-order valence-corrected chi connectivity index (χ0v) is 18.4. The molecule has 172 valence electrons. The van der Waals surface area contributed by atoms with Gasteiger partial charge < -0.3 is 15.5 Å². The Labute approximate surface area is 187 Å². The zero-order chi connectivity index (χ0) is 22.9. The fourth-order valence-corrected chi connectivity index (χ4v) is 3.61. The number of carbonyl (C=O) groups excluding carboxylic acids is 2. The molecule has 0 unspecified atom stereocenters. The molecular formula is C24H30F2N4O2. The predicted molar refractivity (Wildman–Crippen MR) is 119 cm³/mol. The van der Waals surface area contributed by atoms with Gasteiger partial charge in [-0.3, -0.25) is 14.5 Å². The summed E-state index contributed by atoms with van der Waals surface area (Å²) in [5.41, 5.74) is 2.06. The molecule has 0 spiro atoms. The van der Waals surface area contributed by atoms with Crippen LogP contribution >= 0.6 is 0 Å². The van der Waals surface area contributed by atoms with E-state index >= 15 is 0 Å². The van der Waals surface area contributed by atoms with Crippen molar-refractivity contribution in [3.8, 4) is 0 Å². The molecule has 1 heterocycles. The van der Waals surface area contributed by atoms with E-state index in [1.54, 1.807) is 0 Å². The number of hydrogen-bond acceptors (Lipinski definition) is 4. The second-order valence-electron chi connectivity index (χ2n) is 8.16. The third-order valence-corrected chi connectivity index (χ3v) is 5.53. The van der Waals surface area contributed by atoms with Crippen LogP contribution in [0.15, 0.2) is 42.5 Å². The first-order chi connectivity index (χ1) is 15.4. The first-order valence-electron chi connectivity index (χ1n) is 10.9. The van der Waals surface area contributed by atoms with E-state index in [1.165, 1.54) is 5.56 Å². The number of hydrogen-bond donors (Lipinski definition) is 2. The van der Waals surface area contributed by atoms with Crippen LogP contribution in [0, 0.1) is 11.6 Å². The summed E-state index contributed by atoms with van der Waals surface area (Å²) in [7, 11) is 2.14. The van der Waals surface area contributed by atoms with Gasteiger partial charge in [0.2, 0.25) is 5.91 Å². The summed E-state index contributed by atoms with van der Waals surface area (Å²) >= 11 is 0. The van der Waals surface area contributed by atoms with E-state index < -0.39 is 17.5 Å². The highest BCUT2D eigenvalue weighted by Crippen LogP contribution is 2.11. The summed E-state index contributed by atoms with van der Waals surface area (Å²) in [6.45, 7) is 5.85. The first kappa shape index (κ1) is 23.8. The van der Waals surface area contributed by atoms with E-state index in [0.717, 1.165) is 50.4 Å². The van der Waals surface area contributed by atoms with Gasteiger partial charge in [-0.2, -0.15) is 0 Å². The lowest BCUT2D eigenvalue weighted by atomic mass is 10.1. The van der Waals surface area contributed by atoms with Gasteiger partial charge in [-0.05, 0) is 36.7 Å². The van der Waals surface area contributed by atoms with Gasteiger partial charge in [0.1, 0.15) is 11.6 Å². The van der Waals surface area contributed by atoms with Crippen molar-refractivity contribution in [2.24, 2.45) is 0 Å². The molecule has 2 aromatic carbocycles. The Morgan fingerprint density at radius 2 is 1.72 bits per heavy atom. The number of piperazine rings is 1. The molecule has 1 fully saturated rings. The Hall–Kier alpha value is -2.84. The molecule has 0 saturated carbocycles. The topological polar surface area (TPSA) is 64.7 Å². The van der Waals surface area contributed by atoms with Crippen LogP contribution in [-0.4, -0.2) is 61.4 Å². The molecule has 0 aliphatic carbocycles. The summed E-state index contributed by atoms with van der Waals surface area (Å²) in [6, 6.07) is 11.0. The average molecular weight is 445 g/mol. The molecule has 0 bridgehead atoms. The smallest absolute Gasteiger partial charge is 0.254 e. The Balaban J connectivity index is 1.35. The van der Waals surface area contributed by atoms with E-state index in [-0.39, 0.29) is 24.4 Å². The van der Waals surface area contributed by atoms with Gasteiger partial charge in [0.05, 0.1) is 5.56 Å². The van der Waals surface area contributed by atoms with E-state index in [1.807, 2.05) is 12.1 Å². The Bertz CT molecular complexity index is 930. The largest absolute Gasteiger partial charge is 0.352 e. The van der Waals surface area contributed by atoms with Crippen LogP contribution in [0.1, 0.15) is 34.3 Å². The standard InChI is InChI=1S/C24H30F2N4O2/c1-29-10-12-30(13-11-29)17-19-5-2-4-18(14-19)16-28-23(31)6-3-9-27-24(32)21-8-7-20(25)15-22(21)26/h2,4-5,7-8,14-15H,3,6,9-13,16-17H2,1H3,(H,27,32)(H,28,31). The number of benzene rings is 2. The lowest BCUT2D eigenvalue weighted by molar-refractivity contribution is -0.121. The number of nitrogens with one attached hydrogen (secondary N) is 2. The van der Waals surface area contributed by atoms with Crippen molar-refractivity contribution < 1.29 is 18.4 Å². The minimum Gasteiger partial charge on any atom is -0.352 e. The summed E-state index contributed by atoms with van der Waals surface area (Å²) in [5.74, 6) is -2.38. The quantitative estimate of drug-likeness (QED) is 0.584. The van der Waals surface area contributed by atoms with Crippen LogP contribution in [0.5, 0.6) is 0 Å². The van der Waals surface area contributed by atoms with Gasteiger partial charge >= 0.3 is 0 Å². The molecule has 0 aromatic heterocycles. The maximum atomic E-state index is 13.6. The summed E-state index contributed by atoms with van der Waals surface area (Å²) in [5, 5.41) is 5.45. The van der Waals surface area contributed by atoms with Crippen LogP contribution in [0.25, 0.3) is 0 Å². The number of likely N-dealkylation sites (N-methyl/N-ethyl adjacent to an activating group) is 1. The molecule has 2 aromatic rings. The third kappa shape index (κ3) is 7.39. The van der Waals surface area contributed by atoms with Gasteiger partial charge in [-0.25, -0.2) is 8.78 Å². The Morgan fingerprint density at radius 1 is 0.969 bits per heavy atom. The fourth-order valence-electron chi connectivity index (χ4n) is 3.61. The maximum Gasteiger partial charge on any atom is 0.254 e. The Kier molecular flexibility index (Phi) is 8.70. The van der Waals surface area contributed by atoms with Crippen molar-refractivity contribution in [3.63, 3.8) is 0 Å². The fraction of sp³-hybridized carbons (Fsp3) is 0.417. The molecule has 3 rings (SSSR count). The summed E-state index contributed by atoms with van der Waals surface area (Å²) < 4.78 is 26.5. The van der Waals surface area contributed by atoms with E-state index in [0.29, 0.717) is 19.0 Å². The van der Waals surface area contributed by atoms with Crippen molar-refractivity contribution in [1.29, 1.82) is 0 Å². The number of halogens is 2. The highest BCUT2D eigenvalue weighted by Gasteiger charge is 2.14. The van der Waals surface area contributed by atoms with Gasteiger partial charge in [0.25, 0.3) is 5.91 Å². The molecule has 6 nitrogen and oxygen atoms in total. The van der Waals surface area contributed by atoms with Crippen molar-refractivity contribution in [3.05, 3.63) is 70.8 Å². The first-order valence-corrected chi connectivity index (χ1v) is 10.9.